The summed E-state index contributed by atoms with van der Waals surface area (Å²) in [5.41, 5.74) is 0.445. The van der Waals surface area contributed by atoms with Crippen molar-refractivity contribution in [2.75, 3.05) is 25.1 Å². The minimum atomic E-state index is -1.07. The number of anilines is 1. The van der Waals surface area contributed by atoms with E-state index in [0.717, 1.165) is 13.0 Å². The zero-order chi connectivity index (χ0) is 14.5. The summed E-state index contributed by atoms with van der Waals surface area (Å²) >= 11 is 5.92. The van der Waals surface area contributed by atoms with E-state index in [-0.39, 0.29) is 16.6 Å². The molecule has 0 saturated carbocycles. The predicted molar refractivity (Wildman–Crippen MR) is 74.4 cm³/mol. The largest absolute Gasteiger partial charge is 0.478 e. The topological polar surface area (TPSA) is 87.7 Å². The van der Waals surface area contributed by atoms with E-state index in [1.54, 1.807) is 0 Å². The van der Waals surface area contributed by atoms with E-state index >= 15 is 0 Å². The number of halogens is 1. The molecule has 1 unspecified atom stereocenters. The Morgan fingerprint density at radius 2 is 2.25 bits per heavy atom. The van der Waals surface area contributed by atoms with Gasteiger partial charge in [0.1, 0.15) is 0 Å². The first kappa shape index (κ1) is 14.6. The number of hydrogen-bond acceptors (Lipinski definition) is 3. The third-order valence-corrected chi connectivity index (χ3v) is 3.35. The number of amides is 2. The summed E-state index contributed by atoms with van der Waals surface area (Å²) in [5.74, 6) is -0.727. The molecule has 0 spiro atoms. The van der Waals surface area contributed by atoms with Gasteiger partial charge in [0.25, 0.3) is 0 Å². The zero-order valence-electron chi connectivity index (χ0n) is 10.7. The Morgan fingerprint density at radius 3 is 2.85 bits per heavy atom. The molecule has 0 aromatic heterocycles. The SMILES string of the molecule is O=C(NCC1CCOC1)Nc1ccc(C(=O)O)cc1Cl. The third-order valence-electron chi connectivity index (χ3n) is 3.04. The minimum Gasteiger partial charge on any atom is -0.478 e. The van der Waals surface area contributed by atoms with Crippen LogP contribution in [0.3, 0.4) is 0 Å². The van der Waals surface area contributed by atoms with E-state index in [1.807, 2.05) is 0 Å². The molecule has 1 heterocycles. The van der Waals surface area contributed by atoms with Crippen molar-refractivity contribution >= 4 is 29.3 Å². The molecule has 20 heavy (non-hydrogen) atoms. The lowest BCUT2D eigenvalue weighted by Crippen LogP contribution is -2.33. The summed E-state index contributed by atoms with van der Waals surface area (Å²) < 4.78 is 5.21. The fourth-order valence-corrected chi connectivity index (χ4v) is 2.13. The highest BCUT2D eigenvalue weighted by Gasteiger charge is 2.16. The highest BCUT2D eigenvalue weighted by atomic mass is 35.5. The summed E-state index contributed by atoms with van der Waals surface area (Å²) in [7, 11) is 0. The molecule has 1 saturated heterocycles. The molecule has 0 radical (unpaired) electrons. The summed E-state index contributed by atoms with van der Waals surface area (Å²) in [4.78, 5) is 22.5. The Hall–Kier alpha value is -1.79. The van der Waals surface area contributed by atoms with Gasteiger partial charge in [-0.2, -0.15) is 0 Å². The van der Waals surface area contributed by atoms with Crippen LogP contribution in [0.5, 0.6) is 0 Å². The average Bonchev–Trinajstić information content (AvgIpc) is 2.91. The zero-order valence-corrected chi connectivity index (χ0v) is 11.4. The Balaban J connectivity index is 1.88. The molecule has 2 rings (SSSR count). The molecule has 0 bridgehead atoms. The predicted octanol–water partition coefficient (Wildman–Crippen LogP) is 2.20. The number of nitrogens with one attached hydrogen (secondary N) is 2. The van der Waals surface area contributed by atoms with E-state index in [2.05, 4.69) is 10.6 Å². The number of carboxylic acid groups (broad SMARTS) is 1. The van der Waals surface area contributed by atoms with Crippen molar-refractivity contribution in [3.05, 3.63) is 28.8 Å². The van der Waals surface area contributed by atoms with Crippen LogP contribution in [0.15, 0.2) is 18.2 Å². The first-order valence-corrected chi connectivity index (χ1v) is 6.59. The molecule has 1 aliphatic heterocycles. The molecule has 1 aromatic rings. The van der Waals surface area contributed by atoms with E-state index < -0.39 is 5.97 Å². The molecule has 3 N–H and O–H groups in total. The van der Waals surface area contributed by atoms with Crippen molar-refractivity contribution in [3.63, 3.8) is 0 Å². The standard InChI is InChI=1S/C13H15ClN2O4/c14-10-5-9(12(17)18)1-2-11(10)16-13(19)15-6-8-3-4-20-7-8/h1-2,5,8H,3-4,6-7H2,(H,17,18)(H2,15,16,19). The van der Waals surface area contributed by atoms with Crippen LogP contribution in [-0.2, 0) is 4.74 Å². The quantitative estimate of drug-likeness (QED) is 0.795. The maximum atomic E-state index is 11.7. The fraction of sp³-hybridized carbons (Fsp3) is 0.385. The summed E-state index contributed by atoms with van der Waals surface area (Å²) in [6.45, 7) is 1.93. The second kappa shape index (κ2) is 6.58. The van der Waals surface area contributed by atoms with E-state index in [4.69, 9.17) is 21.4 Å². The van der Waals surface area contributed by atoms with Gasteiger partial charge in [-0.25, -0.2) is 9.59 Å². The minimum absolute atomic E-state index is 0.0732. The molecule has 6 nitrogen and oxygen atoms in total. The van der Waals surface area contributed by atoms with Gasteiger partial charge in [-0.1, -0.05) is 11.6 Å². The summed E-state index contributed by atoms with van der Waals surface area (Å²) in [5, 5.41) is 14.3. The van der Waals surface area contributed by atoms with E-state index in [1.165, 1.54) is 18.2 Å². The lowest BCUT2D eigenvalue weighted by molar-refractivity contribution is 0.0697. The van der Waals surface area contributed by atoms with E-state index in [0.29, 0.717) is 24.8 Å². The maximum Gasteiger partial charge on any atom is 0.335 e. The first-order chi connectivity index (χ1) is 9.56. The number of hydrogen-bond donors (Lipinski definition) is 3. The van der Waals surface area contributed by atoms with Gasteiger partial charge >= 0.3 is 12.0 Å². The number of rotatable bonds is 4. The van der Waals surface area contributed by atoms with Gasteiger partial charge in [-0.05, 0) is 24.6 Å². The second-order valence-corrected chi connectivity index (χ2v) is 4.97. The Labute approximate surface area is 121 Å². The Bertz CT molecular complexity index is 515. The maximum absolute atomic E-state index is 11.7. The number of carboxylic acids is 1. The monoisotopic (exact) mass is 298 g/mol. The summed E-state index contributed by atoms with van der Waals surface area (Å²) in [6.07, 6.45) is 0.939. The van der Waals surface area contributed by atoms with Crippen molar-refractivity contribution in [3.8, 4) is 0 Å². The smallest absolute Gasteiger partial charge is 0.335 e. The molecule has 1 fully saturated rings. The molecule has 1 aliphatic rings. The normalized spacial score (nSPS) is 17.8. The Kier molecular flexibility index (Phi) is 4.81. The van der Waals surface area contributed by atoms with Crippen LogP contribution in [0, 0.1) is 5.92 Å². The van der Waals surface area contributed by atoms with Gasteiger partial charge in [-0.3, -0.25) is 0 Å². The number of benzene rings is 1. The molecule has 0 aliphatic carbocycles. The van der Waals surface area contributed by atoms with E-state index in [9.17, 15) is 9.59 Å². The van der Waals surface area contributed by atoms with Crippen molar-refractivity contribution in [1.29, 1.82) is 0 Å². The number of aromatic carboxylic acids is 1. The fourth-order valence-electron chi connectivity index (χ4n) is 1.90. The Morgan fingerprint density at radius 1 is 1.45 bits per heavy atom. The molecular weight excluding hydrogens is 284 g/mol. The van der Waals surface area contributed by atoms with Gasteiger partial charge < -0.3 is 20.5 Å². The molecule has 7 heteroatoms. The lowest BCUT2D eigenvalue weighted by Gasteiger charge is -2.11. The first-order valence-electron chi connectivity index (χ1n) is 6.21. The van der Waals surface area contributed by atoms with Gasteiger partial charge in [-0.15, -0.1) is 0 Å². The lowest BCUT2D eigenvalue weighted by atomic mass is 10.1. The van der Waals surface area contributed by atoms with Gasteiger partial charge in [0.2, 0.25) is 0 Å². The van der Waals surface area contributed by atoms with Crippen LogP contribution < -0.4 is 10.6 Å². The van der Waals surface area contributed by atoms with Crippen LogP contribution in [0.25, 0.3) is 0 Å². The molecule has 1 atom stereocenters. The van der Waals surface area contributed by atoms with Crippen LogP contribution in [-0.4, -0.2) is 36.9 Å². The van der Waals surface area contributed by atoms with Crippen molar-refractivity contribution < 1.29 is 19.4 Å². The van der Waals surface area contributed by atoms with Crippen molar-refractivity contribution in [1.82, 2.24) is 5.32 Å². The van der Waals surface area contributed by atoms with Crippen LogP contribution in [0.4, 0.5) is 10.5 Å². The number of urea groups is 1. The van der Waals surface area contributed by atoms with Crippen LogP contribution in [0.1, 0.15) is 16.8 Å². The molecule has 108 valence electrons. The second-order valence-electron chi connectivity index (χ2n) is 4.56. The van der Waals surface area contributed by atoms with Gasteiger partial charge in [0.15, 0.2) is 0 Å². The molecule has 2 amide bonds. The number of carbonyl (C=O) groups excluding carboxylic acids is 1. The highest BCUT2D eigenvalue weighted by molar-refractivity contribution is 6.34. The average molecular weight is 299 g/mol. The molecule has 1 aromatic carbocycles. The van der Waals surface area contributed by atoms with Crippen LogP contribution in [0.2, 0.25) is 5.02 Å². The highest BCUT2D eigenvalue weighted by Crippen LogP contribution is 2.23. The number of carbonyl (C=O) groups is 2. The van der Waals surface area contributed by atoms with Gasteiger partial charge in [0.05, 0.1) is 22.9 Å². The molecular formula is C13H15ClN2O4. The van der Waals surface area contributed by atoms with Gasteiger partial charge in [0, 0.05) is 19.1 Å². The third kappa shape index (κ3) is 3.85. The summed E-state index contributed by atoms with van der Waals surface area (Å²) in [6, 6.07) is 3.77. The number of ether oxygens (including phenoxy) is 1. The van der Waals surface area contributed by atoms with Crippen molar-refractivity contribution in [2.45, 2.75) is 6.42 Å². The van der Waals surface area contributed by atoms with Crippen LogP contribution >= 0.6 is 11.6 Å². The van der Waals surface area contributed by atoms with Crippen molar-refractivity contribution in [2.24, 2.45) is 5.92 Å².